The van der Waals surface area contributed by atoms with Crippen LogP contribution in [0.3, 0.4) is 0 Å². The fourth-order valence-corrected chi connectivity index (χ4v) is 4.97. The van der Waals surface area contributed by atoms with Crippen LogP contribution in [0.2, 0.25) is 0 Å². The van der Waals surface area contributed by atoms with Crippen molar-refractivity contribution in [3.63, 3.8) is 0 Å². The maximum absolute atomic E-state index is 12.9. The summed E-state index contributed by atoms with van der Waals surface area (Å²) < 4.78 is 73.0. The smallest absolute Gasteiger partial charge is 0.497 e. The largest absolute Gasteiger partial charge is 0.573 e. The lowest BCUT2D eigenvalue weighted by Gasteiger charge is -2.34. The molecule has 2 heterocycles. The van der Waals surface area contributed by atoms with Crippen LogP contribution in [0.25, 0.3) is 11.3 Å². The van der Waals surface area contributed by atoms with E-state index in [1.165, 1.54) is 4.31 Å². The lowest BCUT2D eigenvalue weighted by molar-refractivity contribution is -0.274. The average Bonchev–Trinajstić information content (AvgIpc) is 2.83. The maximum Gasteiger partial charge on any atom is 0.573 e. The zero-order valence-electron chi connectivity index (χ0n) is 18.1. The highest BCUT2D eigenvalue weighted by atomic mass is 32.2. The molecule has 0 saturated carbocycles. The summed E-state index contributed by atoms with van der Waals surface area (Å²) >= 11 is 0. The maximum atomic E-state index is 12.9. The summed E-state index contributed by atoms with van der Waals surface area (Å²) in [6, 6.07) is 15.3. The van der Waals surface area contributed by atoms with Crippen LogP contribution in [0.15, 0.2) is 65.6 Å². The molecule has 0 N–H and O–H groups in total. The highest BCUT2D eigenvalue weighted by molar-refractivity contribution is 7.89. The van der Waals surface area contributed by atoms with Crippen molar-refractivity contribution in [2.24, 2.45) is 0 Å². The number of nitrogens with zero attached hydrogens (tertiary/aromatic N) is 4. The molecule has 4 rings (SSSR count). The topological polar surface area (TPSA) is 84.9 Å². The van der Waals surface area contributed by atoms with Crippen molar-refractivity contribution in [3.05, 3.63) is 60.7 Å². The number of piperazine rings is 1. The van der Waals surface area contributed by atoms with E-state index in [1.807, 2.05) is 41.3 Å². The molecule has 3 aromatic rings. The number of aromatic nitrogens is 2. The molecule has 0 spiro atoms. The van der Waals surface area contributed by atoms with Crippen LogP contribution in [-0.4, -0.2) is 62.6 Å². The van der Waals surface area contributed by atoms with Crippen molar-refractivity contribution >= 4 is 15.8 Å². The van der Waals surface area contributed by atoms with Gasteiger partial charge in [0.05, 0.1) is 17.7 Å². The van der Waals surface area contributed by atoms with Crippen molar-refractivity contribution in [2.45, 2.75) is 11.3 Å². The van der Waals surface area contributed by atoms with Crippen LogP contribution >= 0.6 is 0 Å². The van der Waals surface area contributed by atoms with Crippen LogP contribution in [-0.2, 0) is 10.0 Å². The molecule has 1 fully saturated rings. The van der Waals surface area contributed by atoms with Crippen LogP contribution in [0.5, 0.6) is 11.5 Å². The van der Waals surface area contributed by atoms with Gasteiger partial charge in [-0.25, -0.2) is 8.42 Å². The van der Waals surface area contributed by atoms with Crippen LogP contribution in [0.1, 0.15) is 0 Å². The minimum atomic E-state index is -4.84. The summed E-state index contributed by atoms with van der Waals surface area (Å²) in [4.78, 5) is 1.83. The number of anilines is 1. The highest BCUT2D eigenvalue weighted by Crippen LogP contribution is 2.27. The molecule has 2 aromatic carbocycles. The SMILES string of the molecule is COc1cccc(-c2ccc(N3CCN(S(=O)(=O)c4ccc(OC(F)(F)F)cc4)CC3)nn2)c1. The molecular weight excluding hydrogens is 473 g/mol. The van der Waals surface area contributed by atoms with Crippen molar-refractivity contribution < 1.29 is 31.1 Å². The zero-order valence-corrected chi connectivity index (χ0v) is 18.9. The van der Waals surface area contributed by atoms with E-state index in [2.05, 4.69) is 14.9 Å². The van der Waals surface area contributed by atoms with Gasteiger partial charge in [-0.3, -0.25) is 0 Å². The van der Waals surface area contributed by atoms with E-state index < -0.39 is 22.1 Å². The second-order valence-electron chi connectivity index (χ2n) is 7.42. The molecule has 12 heteroatoms. The van der Waals surface area contributed by atoms with Gasteiger partial charge in [0.2, 0.25) is 10.0 Å². The lowest BCUT2D eigenvalue weighted by atomic mass is 10.1. The second-order valence-corrected chi connectivity index (χ2v) is 9.36. The molecule has 1 saturated heterocycles. The van der Waals surface area contributed by atoms with Gasteiger partial charge in [-0.05, 0) is 48.5 Å². The van der Waals surface area contributed by atoms with E-state index >= 15 is 0 Å². The molecule has 0 amide bonds. The summed E-state index contributed by atoms with van der Waals surface area (Å²) in [6.07, 6.45) is -4.84. The minimum absolute atomic E-state index is 0.0992. The Morgan fingerprint density at radius 2 is 1.59 bits per heavy atom. The molecule has 1 aromatic heterocycles. The minimum Gasteiger partial charge on any atom is -0.497 e. The van der Waals surface area contributed by atoms with E-state index in [9.17, 15) is 21.6 Å². The lowest BCUT2D eigenvalue weighted by Crippen LogP contribution is -2.49. The van der Waals surface area contributed by atoms with Crippen molar-refractivity contribution in [1.82, 2.24) is 14.5 Å². The average molecular weight is 494 g/mol. The summed E-state index contributed by atoms with van der Waals surface area (Å²) in [5.41, 5.74) is 1.54. The predicted molar refractivity (Wildman–Crippen MR) is 118 cm³/mol. The van der Waals surface area contributed by atoms with Crippen molar-refractivity contribution in [1.29, 1.82) is 0 Å². The number of hydrogen-bond acceptors (Lipinski definition) is 7. The number of halogens is 3. The second kappa shape index (κ2) is 9.47. The Morgan fingerprint density at radius 3 is 2.18 bits per heavy atom. The van der Waals surface area contributed by atoms with Gasteiger partial charge in [-0.15, -0.1) is 23.4 Å². The van der Waals surface area contributed by atoms with Crippen LogP contribution in [0.4, 0.5) is 19.0 Å². The number of hydrogen-bond donors (Lipinski definition) is 0. The number of ether oxygens (including phenoxy) is 2. The van der Waals surface area contributed by atoms with Gasteiger partial charge < -0.3 is 14.4 Å². The Labute approximate surface area is 194 Å². The highest BCUT2D eigenvalue weighted by Gasteiger charge is 2.32. The molecule has 0 unspecified atom stereocenters. The molecular formula is C22H21F3N4O4S. The zero-order chi connectivity index (χ0) is 24.3. The molecule has 0 radical (unpaired) electrons. The van der Waals surface area contributed by atoms with Crippen molar-refractivity contribution in [2.75, 3.05) is 38.2 Å². The number of rotatable bonds is 6. The van der Waals surface area contributed by atoms with Crippen LogP contribution in [0, 0.1) is 0 Å². The quantitative estimate of drug-likeness (QED) is 0.518. The Kier molecular flexibility index (Phi) is 6.62. The van der Waals surface area contributed by atoms with Gasteiger partial charge >= 0.3 is 6.36 Å². The van der Waals surface area contributed by atoms with Crippen LogP contribution < -0.4 is 14.4 Å². The fourth-order valence-electron chi connectivity index (χ4n) is 3.55. The molecule has 1 aliphatic heterocycles. The summed E-state index contributed by atoms with van der Waals surface area (Å²) in [5, 5.41) is 8.56. The first-order valence-electron chi connectivity index (χ1n) is 10.2. The normalized spacial score (nSPS) is 15.2. The molecule has 180 valence electrons. The third-order valence-corrected chi connectivity index (χ3v) is 7.19. The molecule has 34 heavy (non-hydrogen) atoms. The molecule has 0 atom stereocenters. The number of methoxy groups -OCH3 is 1. The molecule has 8 nitrogen and oxygen atoms in total. The first kappa shape index (κ1) is 23.8. The Balaban J connectivity index is 1.39. The Bertz CT molecular complexity index is 1230. The third kappa shape index (κ3) is 5.39. The number of sulfonamides is 1. The molecule has 0 bridgehead atoms. The van der Waals surface area contributed by atoms with E-state index in [1.54, 1.807) is 7.11 Å². The van der Waals surface area contributed by atoms with E-state index in [-0.39, 0.29) is 18.0 Å². The van der Waals surface area contributed by atoms with Crippen molar-refractivity contribution in [3.8, 4) is 22.8 Å². The van der Waals surface area contributed by atoms with Gasteiger partial charge in [-0.1, -0.05) is 12.1 Å². The first-order chi connectivity index (χ1) is 16.2. The van der Waals surface area contributed by atoms with Gasteiger partial charge in [-0.2, -0.15) is 4.31 Å². The standard InChI is InChI=1S/C22H21F3N4O4S/c1-32-18-4-2-3-16(15-18)20-9-10-21(27-26-20)28-11-13-29(14-12-28)34(30,31)19-7-5-17(6-8-19)33-22(23,24)25/h2-10,15H,11-14H2,1H3. The van der Waals surface area contributed by atoms with E-state index in [0.29, 0.717) is 30.4 Å². The summed E-state index contributed by atoms with van der Waals surface area (Å²) in [6.45, 7) is 1.17. The monoisotopic (exact) mass is 494 g/mol. The van der Waals surface area contributed by atoms with Gasteiger partial charge in [0.1, 0.15) is 11.5 Å². The van der Waals surface area contributed by atoms with E-state index in [4.69, 9.17) is 4.74 Å². The first-order valence-corrected chi connectivity index (χ1v) is 11.7. The van der Waals surface area contributed by atoms with Gasteiger partial charge in [0.15, 0.2) is 5.82 Å². The van der Waals surface area contributed by atoms with Gasteiger partial charge in [0.25, 0.3) is 0 Å². The fraction of sp³-hybridized carbons (Fsp3) is 0.273. The van der Waals surface area contributed by atoms with E-state index in [0.717, 1.165) is 29.8 Å². The molecule has 0 aliphatic carbocycles. The Hall–Kier alpha value is -3.38. The molecule has 1 aliphatic rings. The number of alkyl halides is 3. The Morgan fingerprint density at radius 1 is 0.882 bits per heavy atom. The number of benzene rings is 2. The summed E-state index contributed by atoms with van der Waals surface area (Å²) in [7, 11) is -2.27. The predicted octanol–water partition coefficient (Wildman–Crippen LogP) is 3.56. The third-order valence-electron chi connectivity index (χ3n) is 5.27. The summed E-state index contributed by atoms with van der Waals surface area (Å²) in [5.74, 6) is 0.854. The van der Waals surface area contributed by atoms with Gasteiger partial charge in [0, 0.05) is 31.7 Å².